The van der Waals surface area contributed by atoms with E-state index in [4.69, 9.17) is 4.84 Å². The number of carbonyl (C=O) groups excluding carboxylic acids is 2. The van der Waals surface area contributed by atoms with Crippen molar-refractivity contribution < 1.29 is 19.5 Å². The maximum atomic E-state index is 13.5. The van der Waals surface area contributed by atoms with Gasteiger partial charge in [0.2, 0.25) is 5.91 Å². The second-order valence-electron chi connectivity index (χ2n) is 7.55. The molecule has 150 valence electrons. The van der Waals surface area contributed by atoms with Crippen molar-refractivity contribution in [2.24, 2.45) is 5.92 Å². The summed E-state index contributed by atoms with van der Waals surface area (Å²) in [4.78, 5) is 34.2. The Hall–Kier alpha value is -3.64. The monoisotopic (exact) mass is 400 g/mol. The van der Waals surface area contributed by atoms with E-state index in [1.807, 2.05) is 55.5 Å². The van der Waals surface area contributed by atoms with Gasteiger partial charge in [-0.2, -0.15) is 0 Å². The van der Waals surface area contributed by atoms with Crippen LogP contribution in [0.5, 0.6) is 5.75 Å². The maximum Gasteiger partial charge on any atom is 0.266 e. The molecule has 6 nitrogen and oxygen atoms in total. The molecule has 2 amide bonds. The number of hydrogen-bond donors (Lipinski definition) is 1. The fourth-order valence-corrected chi connectivity index (χ4v) is 4.28. The molecule has 30 heavy (non-hydrogen) atoms. The summed E-state index contributed by atoms with van der Waals surface area (Å²) in [5.74, 6) is -1.20. The highest BCUT2D eigenvalue weighted by Gasteiger charge is 2.60. The summed E-state index contributed by atoms with van der Waals surface area (Å²) in [6.45, 7) is 1.87. The fraction of sp³-hybridized carbons (Fsp3) is 0.167. The quantitative estimate of drug-likeness (QED) is 0.678. The molecule has 0 aliphatic carbocycles. The zero-order chi connectivity index (χ0) is 20.8. The van der Waals surface area contributed by atoms with Crippen LogP contribution in [0.25, 0.3) is 0 Å². The van der Waals surface area contributed by atoms with Gasteiger partial charge in [0, 0.05) is 0 Å². The van der Waals surface area contributed by atoms with Crippen LogP contribution in [-0.4, -0.2) is 23.0 Å². The summed E-state index contributed by atoms with van der Waals surface area (Å²) in [5, 5.41) is 11.4. The third-order valence-electron chi connectivity index (χ3n) is 5.72. The number of aryl methyl sites for hydroxylation is 1. The van der Waals surface area contributed by atoms with Gasteiger partial charge in [0.25, 0.3) is 5.91 Å². The summed E-state index contributed by atoms with van der Waals surface area (Å²) < 4.78 is 0. The van der Waals surface area contributed by atoms with E-state index < -0.39 is 18.1 Å². The first-order valence-corrected chi connectivity index (χ1v) is 9.79. The molecule has 2 saturated heterocycles. The standard InChI is InChI=1S/C24H20N2O4/c1-15-7-5-6-10-19(15)25-23(28)20-21(16-11-13-18(27)14-12-16)26(30-22(20)24(25)29)17-8-3-2-4-9-17/h2-14,20-22,27H,1H3/t20-,21-,22+/m1/s1. The number of benzene rings is 3. The van der Waals surface area contributed by atoms with Crippen LogP contribution in [0.15, 0.2) is 78.9 Å². The van der Waals surface area contributed by atoms with Crippen LogP contribution in [-0.2, 0) is 14.4 Å². The number of carbonyl (C=O) groups is 2. The van der Waals surface area contributed by atoms with Gasteiger partial charge < -0.3 is 5.11 Å². The highest BCUT2D eigenvalue weighted by atomic mass is 16.7. The average Bonchev–Trinajstić information content (AvgIpc) is 3.26. The molecule has 2 heterocycles. The molecular formula is C24H20N2O4. The highest BCUT2D eigenvalue weighted by Crippen LogP contribution is 2.47. The van der Waals surface area contributed by atoms with Crippen molar-refractivity contribution in [2.45, 2.75) is 19.1 Å². The lowest BCUT2D eigenvalue weighted by Gasteiger charge is -2.29. The topological polar surface area (TPSA) is 70.1 Å². The largest absolute Gasteiger partial charge is 0.508 e. The van der Waals surface area contributed by atoms with Crippen LogP contribution in [0, 0.1) is 12.8 Å². The molecular weight excluding hydrogens is 380 g/mol. The van der Waals surface area contributed by atoms with E-state index in [9.17, 15) is 14.7 Å². The molecule has 3 atom stereocenters. The molecule has 0 bridgehead atoms. The van der Waals surface area contributed by atoms with Crippen molar-refractivity contribution in [1.29, 1.82) is 0 Å². The molecule has 2 aliphatic rings. The number of para-hydroxylation sites is 2. The lowest BCUT2D eigenvalue weighted by Crippen LogP contribution is -2.37. The second kappa shape index (κ2) is 7.00. The Morgan fingerprint density at radius 3 is 2.20 bits per heavy atom. The molecule has 3 aromatic rings. The van der Waals surface area contributed by atoms with Gasteiger partial charge in [-0.15, -0.1) is 0 Å². The van der Waals surface area contributed by atoms with E-state index >= 15 is 0 Å². The lowest BCUT2D eigenvalue weighted by molar-refractivity contribution is -0.126. The van der Waals surface area contributed by atoms with Gasteiger partial charge in [-0.25, -0.2) is 9.96 Å². The Morgan fingerprint density at radius 1 is 0.833 bits per heavy atom. The van der Waals surface area contributed by atoms with Gasteiger partial charge in [0.15, 0.2) is 6.10 Å². The van der Waals surface area contributed by atoms with Gasteiger partial charge in [0.1, 0.15) is 11.7 Å². The zero-order valence-corrected chi connectivity index (χ0v) is 16.3. The molecule has 0 saturated carbocycles. The molecule has 5 rings (SSSR count). The van der Waals surface area contributed by atoms with Crippen LogP contribution in [0.2, 0.25) is 0 Å². The van der Waals surface area contributed by atoms with Crippen molar-refractivity contribution >= 4 is 23.2 Å². The van der Waals surface area contributed by atoms with Gasteiger partial charge in [-0.05, 0) is 48.4 Å². The van der Waals surface area contributed by atoms with E-state index in [1.165, 1.54) is 4.90 Å². The van der Waals surface area contributed by atoms with Gasteiger partial charge in [-0.1, -0.05) is 48.5 Å². The Balaban J connectivity index is 1.60. The van der Waals surface area contributed by atoms with Gasteiger partial charge in [0.05, 0.1) is 17.4 Å². The van der Waals surface area contributed by atoms with Crippen molar-refractivity contribution in [3.8, 4) is 5.75 Å². The Bertz CT molecular complexity index is 1110. The minimum Gasteiger partial charge on any atom is -0.508 e. The minimum atomic E-state index is -0.906. The fourth-order valence-electron chi connectivity index (χ4n) is 4.28. The van der Waals surface area contributed by atoms with Crippen LogP contribution < -0.4 is 9.96 Å². The van der Waals surface area contributed by atoms with Crippen LogP contribution in [0.3, 0.4) is 0 Å². The molecule has 0 radical (unpaired) electrons. The Kier molecular flexibility index (Phi) is 4.29. The molecule has 6 heteroatoms. The number of nitrogens with zero attached hydrogens (tertiary/aromatic N) is 2. The molecule has 1 N–H and O–H groups in total. The number of anilines is 2. The van der Waals surface area contributed by atoms with Crippen LogP contribution in [0.4, 0.5) is 11.4 Å². The first kappa shape index (κ1) is 18.4. The highest BCUT2D eigenvalue weighted by molar-refractivity contribution is 6.24. The number of phenols is 1. The number of fused-ring (bicyclic) bond motifs is 1. The number of hydroxylamine groups is 1. The number of imide groups is 1. The number of hydrogen-bond acceptors (Lipinski definition) is 5. The SMILES string of the molecule is Cc1ccccc1N1C(=O)[C@H]2[C@H](ON(c3ccccc3)[C@@H]2c2ccc(O)cc2)C1=O. The number of phenolic OH excluding ortho intramolecular Hbond substituents is 1. The normalized spacial score (nSPS) is 23.2. The minimum absolute atomic E-state index is 0.135. The Morgan fingerprint density at radius 2 is 1.50 bits per heavy atom. The number of aromatic hydroxyl groups is 1. The summed E-state index contributed by atoms with van der Waals surface area (Å²) in [7, 11) is 0. The predicted molar refractivity (Wildman–Crippen MR) is 112 cm³/mol. The number of amides is 2. The molecule has 0 aromatic heterocycles. The third-order valence-corrected chi connectivity index (χ3v) is 5.72. The van der Waals surface area contributed by atoms with Gasteiger partial charge in [-0.3, -0.25) is 14.4 Å². The summed E-state index contributed by atoms with van der Waals surface area (Å²) in [6, 6.07) is 22.9. The maximum absolute atomic E-state index is 13.5. The summed E-state index contributed by atoms with van der Waals surface area (Å²) in [6.07, 6.45) is -0.906. The number of rotatable bonds is 3. The molecule has 2 fully saturated rings. The third kappa shape index (κ3) is 2.76. The molecule has 0 unspecified atom stereocenters. The van der Waals surface area contributed by atoms with Crippen LogP contribution in [0.1, 0.15) is 17.2 Å². The first-order chi connectivity index (χ1) is 14.6. The van der Waals surface area contributed by atoms with E-state index in [-0.39, 0.29) is 17.6 Å². The second-order valence-corrected chi connectivity index (χ2v) is 7.55. The van der Waals surface area contributed by atoms with Crippen molar-refractivity contribution in [2.75, 3.05) is 9.96 Å². The van der Waals surface area contributed by atoms with Crippen molar-refractivity contribution in [3.63, 3.8) is 0 Å². The summed E-state index contributed by atoms with van der Waals surface area (Å²) in [5.41, 5.74) is 2.98. The summed E-state index contributed by atoms with van der Waals surface area (Å²) >= 11 is 0. The Labute approximate surface area is 173 Å². The van der Waals surface area contributed by atoms with E-state index in [0.29, 0.717) is 5.69 Å². The van der Waals surface area contributed by atoms with Crippen molar-refractivity contribution in [3.05, 3.63) is 90.0 Å². The predicted octanol–water partition coefficient (Wildman–Crippen LogP) is 3.75. The zero-order valence-electron chi connectivity index (χ0n) is 16.3. The van der Waals surface area contributed by atoms with E-state index in [2.05, 4.69) is 0 Å². The molecule has 0 spiro atoms. The van der Waals surface area contributed by atoms with E-state index in [0.717, 1.165) is 16.8 Å². The first-order valence-electron chi connectivity index (χ1n) is 9.79. The smallest absolute Gasteiger partial charge is 0.266 e. The van der Waals surface area contributed by atoms with Crippen molar-refractivity contribution in [1.82, 2.24) is 0 Å². The van der Waals surface area contributed by atoms with E-state index in [1.54, 1.807) is 35.4 Å². The van der Waals surface area contributed by atoms with Crippen LogP contribution >= 0.6 is 0 Å². The lowest BCUT2D eigenvalue weighted by atomic mass is 9.90. The molecule has 2 aliphatic heterocycles. The van der Waals surface area contributed by atoms with Gasteiger partial charge >= 0.3 is 0 Å². The average molecular weight is 400 g/mol. The molecule has 3 aromatic carbocycles.